The van der Waals surface area contributed by atoms with Crippen molar-refractivity contribution in [1.29, 1.82) is 0 Å². The lowest BCUT2D eigenvalue weighted by atomic mass is 10.0. The smallest absolute Gasteiger partial charge is 0.128 e. The predicted molar refractivity (Wildman–Crippen MR) is 81.5 cm³/mol. The topological polar surface area (TPSA) is 60.2 Å². The molecule has 0 aliphatic heterocycles. The Morgan fingerprint density at radius 1 is 1.38 bits per heavy atom. The molecule has 0 aliphatic rings. The summed E-state index contributed by atoms with van der Waals surface area (Å²) in [5.74, 6) is 0.839. The van der Waals surface area contributed by atoms with Crippen molar-refractivity contribution in [2.75, 3.05) is 7.11 Å². The minimum absolute atomic E-state index is 0.450. The van der Waals surface area contributed by atoms with E-state index in [9.17, 15) is 5.11 Å². The fourth-order valence-corrected chi connectivity index (χ4v) is 2.59. The van der Waals surface area contributed by atoms with Gasteiger partial charge in [0.25, 0.3) is 0 Å². The lowest BCUT2D eigenvalue weighted by Gasteiger charge is -2.15. The highest BCUT2D eigenvalue weighted by Crippen LogP contribution is 2.27. The number of ether oxygens (including phenoxy) is 1. The van der Waals surface area contributed by atoms with Crippen LogP contribution in [0.4, 0.5) is 0 Å². The predicted octanol–water partition coefficient (Wildman–Crippen LogP) is 2.28. The zero-order valence-electron chi connectivity index (χ0n) is 13.3. The monoisotopic (exact) mass is 289 g/mol. The van der Waals surface area contributed by atoms with Crippen LogP contribution in [0.1, 0.15) is 41.2 Å². The van der Waals surface area contributed by atoms with E-state index in [1.807, 2.05) is 27.0 Å². The number of pyridine rings is 1. The van der Waals surface area contributed by atoms with Crippen LogP contribution in [0, 0.1) is 13.8 Å². The summed E-state index contributed by atoms with van der Waals surface area (Å²) in [5.41, 5.74) is 4.63. The van der Waals surface area contributed by atoms with Crippen molar-refractivity contribution in [2.45, 2.75) is 39.7 Å². The molecule has 0 radical (unpaired) electrons. The van der Waals surface area contributed by atoms with Gasteiger partial charge in [0.2, 0.25) is 0 Å². The zero-order chi connectivity index (χ0) is 15.6. The molecule has 2 heterocycles. The van der Waals surface area contributed by atoms with Crippen LogP contribution in [0.25, 0.3) is 0 Å². The normalized spacial score (nSPS) is 12.5. The molecule has 5 nitrogen and oxygen atoms in total. The molecule has 0 fully saturated rings. The van der Waals surface area contributed by atoms with Gasteiger partial charge in [0.1, 0.15) is 11.9 Å². The number of rotatable bonds is 5. The summed E-state index contributed by atoms with van der Waals surface area (Å²) in [6.45, 7) is 5.99. The van der Waals surface area contributed by atoms with Gasteiger partial charge in [-0.2, -0.15) is 5.10 Å². The van der Waals surface area contributed by atoms with E-state index in [0.717, 1.165) is 40.4 Å². The second-order valence-corrected chi connectivity index (χ2v) is 5.30. The number of hydrogen-bond acceptors (Lipinski definition) is 4. The third kappa shape index (κ3) is 3.08. The van der Waals surface area contributed by atoms with E-state index in [2.05, 4.69) is 17.0 Å². The van der Waals surface area contributed by atoms with Gasteiger partial charge in [-0.1, -0.05) is 6.92 Å². The Hall–Kier alpha value is -1.88. The Kier molecular flexibility index (Phi) is 4.63. The largest absolute Gasteiger partial charge is 0.496 e. The minimum Gasteiger partial charge on any atom is -0.496 e. The fourth-order valence-electron chi connectivity index (χ4n) is 2.59. The molecule has 2 rings (SSSR count). The standard InChI is InChI=1S/C16H23N3O2/c1-6-12-7-14(19(4)18-12)15(20)8-13-11(3)16(21-5)10(2)9-17-13/h7,9,15,20H,6,8H2,1-5H3. The van der Waals surface area contributed by atoms with Gasteiger partial charge in [0, 0.05) is 36.5 Å². The average molecular weight is 289 g/mol. The van der Waals surface area contributed by atoms with E-state index in [0.29, 0.717) is 6.42 Å². The van der Waals surface area contributed by atoms with Crippen LogP contribution >= 0.6 is 0 Å². The van der Waals surface area contributed by atoms with Crippen LogP contribution in [-0.2, 0) is 19.9 Å². The molecular weight excluding hydrogens is 266 g/mol. The second kappa shape index (κ2) is 6.26. The molecular formula is C16H23N3O2. The van der Waals surface area contributed by atoms with E-state index in [1.54, 1.807) is 18.0 Å². The molecule has 0 saturated heterocycles. The summed E-state index contributed by atoms with van der Waals surface area (Å²) >= 11 is 0. The Bertz CT molecular complexity index is 635. The highest BCUT2D eigenvalue weighted by Gasteiger charge is 2.18. The van der Waals surface area contributed by atoms with Crippen LogP contribution in [0.2, 0.25) is 0 Å². The van der Waals surface area contributed by atoms with Gasteiger partial charge in [-0.15, -0.1) is 0 Å². The SMILES string of the molecule is CCc1cc(C(O)Cc2ncc(C)c(OC)c2C)n(C)n1. The second-order valence-electron chi connectivity index (χ2n) is 5.30. The van der Waals surface area contributed by atoms with E-state index in [1.165, 1.54) is 0 Å². The zero-order valence-corrected chi connectivity index (χ0v) is 13.3. The van der Waals surface area contributed by atoms with Gasteiger partial charge in [0.05, 0.1) is 18.5 Å². The van der Waals surface area contributed by atoms with E-state index in [4.69, 9.17) is 4.74 Å². The molecule has 0 bridgehead atoms. The van der Waals surface area contributed by atoms with E-state index in [-0.39, 0.29) is 0 Å². The number of methoxy groups -OCH3 is 1. The first-order valence-corrected chi connectivity index (χ1v) is 7.17. The molecule has 0 aliphatic carbocycles. The Balaban J connectivity index is 2.27. The molecule has 1 N–H and O–H groups in total. The molecule has 21 heavy (non-hydrogen) atoms. The lowest BCUT2D eigenvalue weighted by molar-refractivity contribution is 0.167. The minimum atomic E-state index is -0.624. The Morgan fingerprint density at radius 3 is 2.67 bits per heavy atom. The summed E-state index contributed by atoms with van der Waals surface area (Å²) in [5, 5.41) is 14.9. The highest BCUT2D eigenvalue weighted by molar-refractivity contribution is 5.41. The van der Waals surface area contributed by atoms with Gasteiger partial charge < -0.3 is 9.84 Å². The first kappa shape index (κ1) is 15.5. The van der Waals surface area contributed by atoms with Crippen LogP contribution in [0.5, 0.6) is 5.75 Å². The number of hydrogen-bond donors (Lipinski definition) is 1. The molecule has 0 spiro atoms. The van der Waals surface area contributed by atoms with Gasteiger partial charge >= 0.3 is 0 Å². The lowest BCUT2D eigenvalue weighted by Crippen LogP contribution is -2.10. The average Bonchev–Trinajstić information content (AvgIpc) is 2.84. The number of aryl methyl sites for hydroxylation is 3. The molecule has 1 unspecified atom stereocenters. The third-order valence-electron chi connectivity index (χ3n) is 3.81. The van der Waals surface area contributed by atoms with Crippen LogP contribution < -0.4 is 4.74 Å². The van der Waals surface area contributed by atoms with E-state index >= 15 is 0 Å². The fraction of sp³-hybridized carbons (Fsp3) is 0.500. The summed E-state index contributed by atoms with van der Waals surface area (Å²) in [4.78, 5) is 4.44. The molecule has 114 valence electrons. The Morgan fingerprint density at radius 2 is 2.10 bits per heavy atom. The number of aromatic nitrogens is 3. The van der Waals surface area contributed by atoms with Crippen molar-refractivity contribution in [2.24, 2.45) is 7.05 Å². The highest BCUT2D eigenvalue weighted by atomic mass is 16.5. The summed E-state index contributed by atoms with van der Waals surface area (Å²) in [6.07, 6.45) is 2.47. The first-order chi connectivity index (χ1) is 9.97. The third-order valence-corrected chi connectivity index (χ3v) is 3.81. The molecule has 0 amide bonds. The number of aliphatic hydroxyl groups excluding tert-OH is 1. The van der Waals surface area contributed by atoms with Crippen molar-refractivity contribution in [3.05, 3.63) is 40.5 Å². The molecule has 1 atom stereocenters. The van der Waals surface area contributed by atoms with Gasteiger partial charge in [0.15, 0.2) is 0 Å². The van der Waals surface area contributed by atoms with Gasteiger partial charge in [-0.25, -0.2) is 0 Å². The van der Waals surface area contributed by atoms with Crippen LogP contribution in [-0.4, -0.2) is 27.0 Å². The summed E-state index contributed by atoms with van der Waals surface area (Å²) in [6, 6.07) is 1.95. The number of nitrogens with zero attached hydrogens (tertiary/aromatic N) is 3. The molecule has 0 saturated carbocycles. The molecule has 5 heteroatoms. The maximum Gasteiger partial charge on any atom is 0.128 e. The summed E-state index contributed by atoms with van der Waals surface area (Å²) < 4.78 is 7.15. The van der Waals surface area contributed by atoms with Gasteiger partial charge in [-0.3, -0.25) is 9.67 Å². The van der Waals surface area contributed by atoms with Crippen molar-refractivity contribution in [1.82, 2.24) is 14.8 Å². The van der Waals surface area contributed by atoms with Crippen molar-refractivity contribution >= 4 is 0 Å². The van der Waals surface area contributed by atoms with Crippen LogP contribution in [0.15, 0.2) is 12.3 Å². The van der Waals surface area contributed by atoms with Crippen molar-refractivity contribution < 1.29 is 9.84 Å². The van der Waals surface area contributed by atoms with Crippen molar-refractivity contribution in [3.8, 4) is 5.75 Å². The quantitative estimate of drug-likeness (QED) is 0.917. The maximum atomic E-state index is 10.5. The summed E-state index contributed by atoms with van der Waals surface area (Å²) in [7, 11) is 3.51. The Labute approximate surface area is 125 Å². The molecule has 2 aromatic heterocycles. The molecule has 0 aromatic carbocycles. The van der Waals surface area contributed by atoms with E-state index < -0.39 is 6.10 Å². The van der Waals surface area contributed by atoms with Crippen LogP contribution in [0.3, 0.4) is 0 Å². The van der Waals surface area contributed by atoms with Crippen molar-refractivity contribution in [3.63, 3.8) is 0 Å². The number of aliphatic hydroxyl groups is 1. The molecule has 2 aromatic rings. The van der Waals surface area contributed by atoms with Gasteiger partial charge in [-0.05, 0) is 26.3 Å². The first-order valence-electron chi connectivity index (χ1n) is 7.17. The maximum absolute atomic E-state index is 10.5.